The predicted molar refractivity (Wildman–Crippen MR) is 128 cm³/mol. The monoisotopic (exact) mass is 448 g/mol. The summed E-state index contributed by atoms with van der Waals surface area (Å²) in [4.78, 5) is 12.8. The van der Waals surface area contributed by atoms with E-state index in [0.717, 1.165) is 27.1 Å². The third-order valence-corrected chi connectivity index (χ3v) is 5.60. The van der Waals surface area contributed by atoms with E-state index in [1.54, 1.807) is 18.3 Å². The van der Waals surface area contributed by atoms with Crippen molar-refractivity contribution in [2.24, 2.45) is 5.10 Å². The SMILES string of the molecule is COc1cc(C(=O)N/N=C/c2c3ccccc3c(Cl)c3ccccc23)cc(OC)c1OC. The van der Waals surface area contributed by atoms with Crippen LogP contribution in [0.15, 0.2) is 65.8 Å². The molecule has 0 heterocycles. The molecule has 0 radical (unpaired) electrons. The van der Waals surface area contributed by atoms with E-state index in [2.05, 4.69) is 10.5 Å². The average Bonchev–Trinajstić information content (AvgIpc) is 2.84. The zero-order chi connectivity index (χ0) is 22.7. The summed E-state index contributed by atoms with van der Waals surface area (Å²) in [5, 5.41) is 8.65. The van der Waals surface area contributed by atoms with Crippen LogP contribution < -0.4 is 19.6 Å². The number of carbonyl (C=O) groups is 1. The third-order valence-electron chi connectivity index (χ3n) is 5.19. The van der Waals surface area contributed by atoms with E-state index in [1.165, 1.54) is 21.3 Å². The van der Waals surface area contributed by atoms with Gasteiger partial charge in [0.05, 0.1) is 32.6 Å². The van der Waals surface area contributed by atoms with Gasteiger partial charge in [-0.05, 0) is 22.9 Å². The normalized spacial score (nSPS) is 11.1. The van der Waals surface area contributed by atoms with Crippen LogP contribution in [0.1, 0.15) is 15.9 Å². The van der Waals surface area contributed by atoms with Crippen molar-refractivity contribution in [1.82, 2.24) is 5.43 Å². The number of halogens is 1. The molecular formula is C25H21ClN2O4. The van der Waals surface area contributed by atoms with Gasteiger partial charge in [-0.15, -0.1) is 0 Å². The maximum absolute atomic E-state index is 12.8. The van der Waals surface area contributed by atoms with Gasteiger partial charge in [0.1, 0.15) is 0 Å². The largest absolute Gasteiger partial charge is 0.493 e. The lowest BCUT2D eigenvalue weighted by molar-refractivity contribution is 0.0954. The van der Waals surface area contributed by atoms with E-state index >= 15 is 0 Å². The summed E-state index contributed by atoms with van der Waals surface area (Å²) in [5.41, 5.74) is 3.77. The van der Waals surface area contributed by atoms with Gasteiger partial charge in [0.25, 0.3) is 5.91 Å². The van der Waals surface area contributed by atoms with Crippen molar-refractivity contribution in [3.05, 3.63) is 76.8 Å². The Labute approximate surface area is 190 Å². The number of rotatable bonds is 6. The molecule has 4 rings (SSSR count). The molecular weight excluding hydrogens is 428 g/mol. The van der Waals surface area contributed by atoms with Crippen molar-refractivity contribution in [1.29, 1.82) is 0 Å². The van der Waals surface area contributed by atoms with Gasteiger partial charge in [-0.3, -0.25) is 4.79 Å². The Morgan fingerprint density at radius 2 is 1.34 bits per heavy atom. The maximum Gasteiger partial charge on any atom is 0.271 e. The first-order chi connectivity index (χ1) is 15.6. The number of fused-ring (bicyclic) bond motifs is 2. The first kappa shape index (κ1) is 21.5. The minimum absolute atomic E-state index is 0.322. The number of hydrazone groups is 1. The number of carbonyl (C=O) groups excluding carboxylic acids is 1. The van der Waals surface area contributed by atoms with E-state index in [4.69, 9.17) is 25.8 Å². The van der Waals surface area contributed by atoms with Crippen molar-refractivity contribution >= 4 is 45.3 Å². The predicted octanol–water partition coefficient (Wildman–Crippen LogP) is 5.44. The second-order valence-corrected chi connectivity index (χ2v) is 7.31. The van der Waals surface area contributed by atoms with Crippen LogP contribution in [0.4, 0.5) is 0 Å². The highest BCUT2D eigenvalue weighted by Crippen LogP contribution is 2.38. The highest BCUT2D eigenvalue weighted by molar-refractivity contribution is 6.42. The van der Waals surface area contributed by atoms with Crippen molar-refractivity contribution in [2.45, 2.75) is 0 Å². The van der Waals surface area contributed by atoms with Gasteiger partial charge in [-0.2, -0.15) is 5.10 Å². The molecule has 4 aromatic carbocycles. The Bertz CT molecular complexity index is 1270. The van der Waals surface area contributed by atoms with Crippen LogP contribution in [0, 0.1) is 0 Å². The smallest absolute Gasteiger partial charge is 0.271 e. The van der Waals surface area contributed by atoms with Gasteiger partial charge in [0, 0.05) is 21.9 Å². The molecule has 0 fully saturated rings. The Morgan fingerprint density at radius 3 is 1.81 bits per heavy atom. The lowest BCUT2D eigenvalue weighted by Gasteiger charge is -2.13. The quantitative estimate of drug-likeness (QED) is 0.242. The maximum atomic E-state index is 12.8. The van der Waals surface area contributed by atoms with Crippen molar-refractivity contribution in [3.8, 4) is 17.2 Å². The Kier molecular flexibility index (Phi) is 6.14. The van der Waals surface area contributed by atoms with Crippen LogP contribution in [-0.4, -0.2) is 33.5 Å². The number of nitrogens with one attached hydrogen (secondary N) is 1. The Balaban J connectivity index is 1.71. The number of hydrogen-bond donors (Lipinski definition) is 1. The fourth-order valence-corrected chi connectivity index (χ4v) is 4.01. The topological polar surface area (TPSA) is 69.2 Å². The molecule has 0 aliphatic rings. The number of hydrogen-bond acceptors (Lipinski definition) is 5. The number of methoxy groups -OCH3 is 3. The molecule has 32 heavy (non-hydrogen) atoms. The summed E-state index contributed by atoms with van der Waals surface area (Å²) in [6, 6.07) is 18.8. The summed E-state index contributed by atoms with van der Waals surface area (Å²) in [7, 11) is 4.49. The van der Waals surface area contributed by atoms with Gasteiger partial charge in [0.15, 0.2) is 11.5 Å². The highest BCUT2D eigenvalue weighted by atomic mass is 35.5. The van der Waals surface area contributed by atoms with Crippen molar-refractivity contribution in [3.63, 3.8) is 0 Å². The summed E-state index contributed by atoms with van der Waals surface area (Å²) in [5.74, 6) is 0.767. The van der Waals surface area contributed by atoms with E-state index in [9.17, 15) is 4.79 Å². The first-order valence-corrected chi connectivity index (χ1v) is 10.2. The van der Waals surface area contributed by atoms with Crippen molar-refractivity contribution in [2.75, 3.05) is 21.3 Å². The molecule has 7 heteroatoms. The van der Waals surface area contributed by atoms with Gasteiger partial charge in [-0.25, -0.2) is 5.43 Å². The van der Waals surface area contributed by atoms with Crippen molar-refractivity contribution < 1.29 is 19.0 Å². The number of benzene rings is 4. The molecule has 1 N–H and O–H groups in total. The number of nitrogens with zero attached hydrogens (tertiary/aromatic N) is 1. The zero-order valence-electron chi connectivity index (χ0n) is 17.8. The minimum atomic E-state index is -0.414. The fourth-order valence-electron chi connectivity index (χ4n) is 3.68. The lowest BCUT2D eigenvalue weighted by atomic mass is 9.97. The van der Waals surface area contributed by atoms with Gasteiger partial charge in [-0.1, -0.05) is 60.1 Å². The van der Waals surface area contributed by atoms with E-state index in [-0.39, 0.29) is 0 Å². The molecule has 0 saturated heterocycles. The molecule has 0 atom stereocenters. The van der Waals surface area contributed by atoms with Gasteiger partial charge < -0.3 is 14.2 Å². The lowest BCUT2D eigenvalue weighted by Crippen LogP contribution is -2.18. The summed E-state index contributed by atoms with van der Waals surface area (Å²) < 4.78 is 15.9. The molecule has 0 aliphatic carbocycles. The molecule has 4 aromatic rings. The van der Waals surface area contributed by atoms with Crippen LogP contribution >= 0.6 is 11.6 Å². The number of ether oxygens (including phenoxy) is 3. The molecule has 0 aromatic heterocycles. The summed E-state index contributed by atoms with van der Waals surface area (Å²) >= 11 is 6.64. The molecule has 0 unspecified atom stereocenters. The van der Waals surface area contributed by atoms with Crippen LogP contribution in [-0.2, 0) is 0 Å². The molecule has 0 spiro atoms. The minimum Gasteiger partial charge on any atom is -0.493 e. The van der Waals surface area contributed by atoms with Crippen LogP contribution in [0.25, 0.3) is 21.5 Å². The van der Waals surface area contributed by atoms with Crippen LogP contribution in [0.2, 0.25) is 5.02 Å². The molecule has 1 amide bonds. The van der Waals surface area contributed by atoms with Gasteiger partial charge >= 0.3 is 0 Å². The molecule has 6 nitrogen and oxygen atoms in total. The van der Waals surface area contributed by atoms with E-state index < -0.39 is 5.91 Å². The standard InChI is InChI=1S/C25H21ClN2O4/c1-30-21-12-15(13-22(31-2)24(21)32-3)25(29)28-27-14-20-16-8-4-6-10-18(16)23(26)19-11-7-5-9-17(19)20/h4-14H,1-3H3,(H,28,29)/b27-14+. The molecule has 162 valence electrons. The Hall–Kier alpha value is -3.77. The first-order valence-electron chi connectivity index (χ1n) is 9.81. The highest BCUT2D eigenvalue weighted by Gasteiger charge is 2.17. The molecule has 0 saturated carbocycles. The van der Waals surface area contributed by atoms with Crippen LogP contribution in [0.5, 0.6) is 17.2 Å². The number of amides is 1. The molecule has 0 aliphatic heterocycles. The second kappa shape index (κ2) is 9.16. The third kappa shape index (κ3) is 3.81. The second-order valence-electron chi connectivity index (χ2n) is 6.93. The summed E-state index contributed by atoms with van der Waals surface area (Å²) in [6.45, 7) is 0. The van der Waals surface area contributed by atoms with E-state index in [0.29, 0.717) is 27.8 Å². The Morgan fingerprint density at radius 1 is 0.844 bits per heavy atom. The van der Waals surface area contributed by atoms with Gasteiger partial charge in [0.2, 0.25) is 5.75 Å². The molecule has 0 bridgehead atoms. The summed E-state index contributed by atoms with van der Waals surface area (Å²) in [6.07, 6.45) is 1.64. The fraction of sp³-hybridized carbons (Fsp3) is 0.120. The zero-order valence-corrected chi connectivity index (χ0v) is 18.6. The van der Waals surface area contributed by atoms with Crippen LogP contribution in [0.3, 0.4) is 0 Å². The average molecular weight is 449 g/mol. The van der Waals surface area contributed by atoms with E-state index in [1.807, 2.05) is 48.5 Å².